The highest BCUT2D eigenvalue weighted by atomic mass is 32.2. The highest BCUT2D eigenvalue weighted by Gasteiger charge is 2.17. The van der Waals surface area contributed by atoms with Crippen LogP contribution in [0.2, 0.25) is 0 Å². The summed E-state index contributed by atoms with van der Waals surface area (Å²) >= 11 is 0. The molecule has 0 amide bonds. The average Bonchev–Trinajstić information content (AvgIpc) is 2.69. The van der Waals surface area contributed by atoms with E-state index in [-0.39, 0.29) is 11.4 Å². The van der Waals surface area contributed by atoms with E-state index in [2.05, 4.69) is 9.82 Å². The zero-order valence-corrected chi connectivity index (χ0v) is 11.7. The van der Waals surface area contributed by atoms with Crippen LogP contribution in [-0.4, -0.2) is 18.2 Å². The molecule has 108 valence electrons. The summed E-state index contributed by atoms with van der Waals surface area (Å²) in [6.07, 6.45) is 1.68. The minimum Gasteiger partial charge on any atom is -0.275 e. The maximum atomic E-state index is 13.1. The Bertz CT molecular complexity index is 741. The third kappa shape index (κ3) is 3.02. The molecule has 8 heteroatoms. The molecule has 0 bridgehead atoms. The first-order valence-corrected chi connectivity index (χ1v) is 7.22. The fourth-order valence-corrected chi connectivity index (χ4v) is 2.74. The molecule has 0 radical (unpaired) electrons. The molecule has 0 spiro atoms. The zero-order valence-electron chi connectivity index (χ0n) is 10.9. The maximum Gasteiger partial charge on any atom is 0.240 e. The molecule has 0 aliphatic rings. The lowest BCUT2D eigenvalue weighted by atomic mass is 10.3. The normalized spacial score (nSPS) is 11.8. The standard InChI is InChI=1S/C12H13F2N3O2S/c1-8-9(7-17(2)16-8)6-15-20(18,19)10-3-4-11(13)12(14)5-10/h3-5,7,15H,6H2,1-2H3. The summed E-state index contributed by atoms with van der Waals surface area (Å²) in [5.41, 5.74) is 1.40. The van der Waals surface area contributed by atoms with E-state index < -0.39 is 21.7 Å². The Hall–Kier alpha value is -1.80. The molecule has 1 N–H and O–H groups in total. The van der Waals surface area contributed by atoms with E-state index in [4.69, 9.17) is 0 Å². The lowest BCUT2D eigenvalue weighted by Gasteiger charge is -2.06. The Morgan fingerprint density at radius 1 is 1.30 bits per heavy atom. The molecule has 2 aromatic rings. The van der Waals surface area contributed by atoms with Crippen LogP contribution in [0.15, 0.2) is 29.3 Å². The van der Waals surface area contributed by atoms with E-state index in [0.29, 0.717) is 17.3 Å². The second-order valence-electron chi connectivity index (χ2n) is 4.31. The molecule has 1 aromatic heterocycles. The molecule has 0 aliphatic carbocycles. The van der Waals surface area contributed by atoms with E-state index in [1.54, 1.807) is 24.9 Å². The third-order valence-electron chi connectivity index (χ3n) is 2.77. The molecule has 20 heavy (non-hydrogen) atoms. The first kappa shape index (κ1) is 14.6. The van der Waals surface area contributed by atoms with Gasteiger partial charge in [0.2, 0.25) is 10.0 Å². The average molecular weight is 301 g/mol. The van der Waals surface area contributed by atoms with E-state index >= 15 is 0 Å². The van der Waals surface area contributed by atoms with Gasteiger partial charge in [-0.15, -0.1) is 0 Å². The monoisotopic (exact) mass is 301 g/mol. The number of benzene rings is 1. The van der Waals surface area contributed by atoms with Gasteiger partial charge in [-0.1, -0.05) is 0 Å². The van der Waals surface area contributed by atoms with Crippen LogP contribution >= 0.6 is 0 Å². The number of hydrogen-bond acceptors (Lipinski definition) is 3. The third-order valence-corrected chi connectivity index (χ3v) is 4.17. The Balaban J connectivity index is 2.19. The minimum atomic E-state index is -3.90. The minimum absolute atomic E-state index is 0.0288. The lowest BCUT2D eigenvalue weighted by Crippen LogP contribution is -2.23. The van der Waals surface area contributed by atoms with Crippen molar-refractivity contribution in [2.45, 2.75) is 18.4 Å². The van der Waals surface area contributed by atoms with Crippen molar-refractivity contribution in [2.75, 3.05) is 0 Å². The Kier molecular flexibility index (Phi) is 3.87. The van der Waals surface area contributed by atoms with Crippen molar-refractivity contribution in [3.63, 3.8) is 0 Å². The number of sulfonamides is 1. The van der Waals surface area contributed by atoms with Gasteiger partial charge in [-0.3, -0.25) is 4.68 Å². The van der Waals surface area contributed by atoms with Crippen LogP contribution in [0.4, 0.5) is 8.78 Å². The number of nitrogens with one attached hydrogen (secondary N) is 1. The van der Waals surface area contributed by atoms with Crippen molar-refractivity contribution in [1.29, 1.82) is 0 Å². The van der Waals surface area contributed by atoms with Crippen LogP contribution in [0.3, 0.4) is 0 Å². The highest BCUT2D eigenvalue weighted by Crippen LogP contribution is 2.14. The van der Waals surface area contributed by atoms with Crippen LogP contribution in [0.5, 0.6) is 0 Å². The summed E-state index contributed by atoms with van der Waals surface area (Å²) in [7, 11) is -2.18. The predicted molar refractivity (Wildman–Crippen MR) is 68.3 cm³/mol. The summed E-state index contributed by atoms with van der Waals surface area (Å²) in [5, 5.41) is 4.08. The van der Waals surface area contributed by atoms with Crippen molar-refractivity contribution >= 4 is 10.0 Å². The first-order valence-electron chi connectivity index (χ1n) is 5.73. The quantitative estimate of drug-likeness (QED) is 0.930. The second kappa shape index (κ2) is 5.29. The molecule has 5 nitrogen and oxygen atoms in total. The van der Waals surface area contributed by atoms with Crippen LogP contribution in [0.1, 0.15) is 11.3 Å². The van der Waals surface area contributed by atoms with Gasteiger partial charge in [0.1, 0.15) is 0 Å². The van der Waals surface area contributed by atoms with E-state index in [1.165, 1.54) is 0 Å². The van der Waals surface area contributed by atoms with Crippen molar-refractivity contribution in [2.24, 2.45) is 7.05 Å². The molecule has 1 aromatic carbocycles. The topological polar surface area (TPSA) is 64.0 Å². The summed E-state index contributed by atoms with van der Waals surface area (Å²) in [5.74, 6) is -2.29. The summed E-state index contributed by atoms with van der Waals surface area (Å²) in [6, 6.07) is 2.43. The molecule has 0 aliphatic heterocycles. The molecule has 0 saturated carbocycles. The van der Waals surface area contributed by atoms with Gasteiger partial charge in [0.15, 0.2) is 11.6 Å². The van der Waals surface area contributed by atoms with Gasteiger partial charge in [-0.25, -0.2) is 21.9 Å². The number of halogens is 2. The summed E-state index contributed by atoms with van der Waals surface area (Å²) in [4.78, 5) is -0.321. The van der Waals surface area contributed by atoms with Crippen molar-refractivity contribution in [3.05, 3.63) is 47.3 Å². The molecule has 2 rings (SSSR count). The van der Waals surface area contributed by atoms with Gasteiger partial charge >= 0.3 is 0 Å². The molecule has 0 unspecified atom stereocenters. The van der Waals surface area contributed by atoms with E-state index in [1.807, 2.05) is 0 Å². The van der Waals surface area contributed by atoms with E-state index in [0.717, 1.165) is 12.1 Å². The van der Waals surface area contributed by atoms with Gasteiger partial charge in [0, 0.05) is 25.4 Å². The number of rotatable bonds is 4. The van der Waals surface area contributed by atoms with Crippen LogP contribution in [0.25, 0.3) is 0 Å². The molecule has 0 atom stereocenters. The smallest absolute Gasteiger partial charge is 0.240 e. The second-order valence-corrected chi connectivity index (χ2v) is 6.08. The van der Waals surface area contributed by atoms with Gasteiger partial charge in [0.25, 0.3) is 0 Å². The molecular weight excluding hydrogens is 288 g/mol. The predicted octanol–water partition coefficient (Wildman–Crippen LogP) is 1.49. The van der Waals surface area contributed by atoms with Crippen LogP contribution < -0.4 is 4.72 Å². The number of aromatic nitrogens is 2. The van der Waals surface area contributed by atoms with Crippen LogP contribution in [-0.2, 0) is 23.6 Å². The molecule has 1 heterocycles. The van der Waals surface area contributed by atoms with Gasteiger partial charge in [0.05, 0.1) is 10.6 Å². The van der Waals surface area contributed by atoms with Crippen molar-refractivity contribution in [3.8, 4) is 0 Å². The van der Waals surface area contributed by atoms with Crippen molar-refractivity contribution < 1.29 is 17.2 Å². The van der Waals surface area contributed by atoms with Gasteiger partial charge < -0.3 is 0 Å². The lowest BCUT2D eigenvalue weighted by molar-refractivity contribution is 0.504. The Morgan fingerprint density at radius 3 is 2.55 bits per heavy atom. The van der Waals surface area contributed by atoms with E-state index in [9.17, 15) is 17.2 Å². The maximum absolute atomic E-state index is 13.1. The fourth-order valence-electron chi connectivity index (χ4n) is 1.72. The molecule has 0 fully saturated rings. The number of hydrogen-bond donors (Lipinski definition) is 1. The van der Waals surface area contributed by atoms with Crippen molar-refractivity contribution in [1.82, 2.24) is 14.5 Å². The first-order chi connectivity index (χ1) is 9.29. The fraction of sp³-hybridized carbons (Fsp3) is 0.250. The van der Waals surface area contributed by atoms with Gasteiger partial charge in [-0.2, -0.15) is 5.10 Å². The zero-order chi connectivity index (χ0) is 14.9. The summed E-state index contributed by atoms with van der Waals surface area (Å²) < 4.78 is 53.7. The SMILES string of the molecule is Cc1nn(C)cc1CNS(=O)(=O)c1ccc(F)c(F)c1. The Morgan fingerprint density at radius 2 is 2.00 bits per heavy atom. The number of aryl methyl sites for hydroxylation is 2. The molecular formula is C12H13F2N3O2S. The summed E-state index contributed by atoms with van der Waals surface area (Å²) in [6.45, 7) is 1.78. The molecule has 0 saturated heterocycles. The van der Waals surface area contributed by atoms with Gasteiger partial charge in [-0.05, 0) is 25.1 Å². The Labute approximate surface area is 115 Å². The highest BCUT2D eigenvalue weighted by molar-refractivity contribution is 7.89. The van der Waals surface area contributed by atoms with Crippen LogP contribution in [0, 0.1) is 18.6 Å². The number of nitrogens with zero attached hydrogens (tertiary/aromatic N) is 2. The largest absolute Gasteiger partial charge is 0.275 e.